The fourth-order valence-corrected chi connectivity index (χ4v) is 3.34. The summed E-state index contributed by atoms with van der Waals surface area (Å²) in [6, 6.07) is 7.96. The quantitative estimate of drug-likeness (QED) is 0.516. The lowest BCUT2D eigenvalue weighted by Crippen LogP contribution is -1.99. The van der Waals surface area contributed by atoms with Crippen LogP contribution in [0.15, 0.2) is 40.5 Å². The molecule has 0 spiro atoms. The van der Waals surface area contributed by atoms with Gasteiger partial charge in [0, 0.05) is 21.8 Å². The van der Waals surface area contributed by atoms with Crippen LogP contribution in [0.4, 0.5) is 5.69 Å². The average Bonchev–Trinajstić information content (AvgIpc) is 2.67. The van der Waals surface area contributed by atoms with E-state index in [1.54, 1.807) is 18.1 Å². The lowest BCUT2D eigenvalue weighted by atomic mass is 10.1. The summed E-state index contributed by atoms with van der Waals surface area (Å²) in [5.41, 5.74) is 9.10. The van der Waals surface area contributed by atoms with Crippen LogP contribution in [0.5, 0.6) is 0 Å². The van der Waals surface area contributed by atoms with E-state index in [1.165, 1.54) is 35.4 Å². The third kappa shape index (κ3) is 2.89. The molecule has 0 saturated carbocycles. The number of nitrogens with two attached hydrogens (primary N) is 1. The van der Waals surface area contributed by atoms with Gasteiger partial charge in [-0.25, -0.2) is 9.97 Å². The summed E-state index contributed by atoms with van der Waals surface area (Å²) in [4.78, 5) is 10.1. The van der Waals surface area contributed by atoms with Gasteiger partial charge in [-0.3, -0.25) is 0 Å². The minimum atomic E-state index is 0.797. The molecule has 1 heterocycles. The summed E-state index contributed by atoms with van der Waals surface area (Å²) < 4.78 is 0. The molecule has 0 bridgehead atoms. The summed E-state index contributed by atoms with van der Waals surface area (Å²) in [6.07, 6.45) is 7.68. The lowest BCUT2D eigenvalue weighted by molar-refractivity contribution is 0.707. The standard InChI is InChI=1S/C15H17N3S/c16-11-6-8-12(9-7-11)19-15-13-4-2-1-3-5-14(13)17-10-18-15/h6-10H,1-5,16H2. The molecule has 3 nitrogen and oxygen atoms in total. The minimum Gasteiger partial charge on any atom is -0.399 e. The van der Waals surface area contributed by atoms with Crippen LogP contribution in [-0.2, 0) is 12.8 Å². The highest BCUT2D eigenvalue weighted by Gasteiger charge is 2.14. The second-order valence-electron chi connectivity index (χ2n) is 4.84. The van der Waals surface area contributed by atoms with E-state index in [0.29, 0.717) is 0 Å². The van der Waals surface area contributed by atoms with E-state index in [2.05, 4.69) is 9.97 Å². The highest BCUT2D eigenvalue weighted by molar-refractivity contribution is 7.99. The predicted octanol–water partition coefficient (Wildman–Crippen LogP) is 3.48. The van der Waals surface area contributed by atoms with Gasteiger partial charge in [-0.2, -0.15) is 0 Å². The summed E-state index contributed by atoms with van der Waals surface area (Å²) >= 11 is 1.71. The number of hydrogen-bond donors (Lipinski definition) is 1. The second-order valence-corrected chi connectivity index (χ2v) is 5.90. The third-order valence-electron chi connectivity index (χ3n) is 3.43. The van der Waals surface area contributed by atoms with Crippen LogP contribution in [0.1, 0.15) is 30.5 Å². The molecule has 0 saturated heterocycles. The number of benzene rings is 1. The molecule has 0 amide bonds. The Morgan fingerprint density at radius 2 is 1.74 bits per heavy atom. The number of nitrogens with zero attached hydrogens (tertiary/aromatic N) is 2. The van der Waals surface area contributed by atoms with Crippen LogP contribution in [0.2, 0.25) is 0 Å². The fourth-order valence-electron chi connectivity index (χ4n) is 2.40. The van der Waals surface area contributed by atoms with Crippen LogP contribution in [-0.4, -0.2) is 9.97 Å². The smallest absolute Gasteiger partial charge is 0.117 e. The van der Waals surface area contributed by atoms with E-state index in [1.807, 2.05) is 24.3 Å². The van der Waals surface area contributed by atoms with Crippen molar-refractivity contribution in [2.24, 2.45) is 0 Å². The van der Waals surface area contributed by atoms with Crippen molar-refractivity contribution in [1.29, 1.82) is 0 Å². The maximum Gasteiger partial charge on any atom is 0.117 e. The molecule has 1 aromatic carbocycles. The molecule has 2 aromatic rings. The average molecular weight is 271 g/mol. The molecule has 19 heavy (non-hydrogen) atoms. The molecular formula is C15H17N3S. The molecule has 1 aliphatic carbocycles. The predicted molar refractivity (Wildman–Crippen MR) is 78.3 cm³/mol. The zero-order valence-electron chi connectivity index (χ0n) is 10.8. The van der Waals surface area contributed by atoms with Crippen LogP contribution in [0.25, 0.3) is 0 Å². The van der Waals surface area contributed by atoms with Crippen molar-refractivity contribution in [2.45, 2.75) is 42.0 Å². The van der Waals surface area contributed by atoms with Crippen molar-refractivity contribution in [3.8, 4) is 0 Å². The van der Waals surface area contributed by atoms with Crippen LogP contribution < -0.4 is 5.73 Å². The molecule has 2 N–H and O–H groups in total. The van der Waals surface area contributed by atoms with Crippen molar-refractivity contribution >= 4 is 17.4 Å². The van der Waals surface area contributed by atoms with E-state index >= 15 is 0 Å². The van der Waals surface area contributed by atoms with Gasteiger partial charge in [0.25, 0.3) is 0 Å². The molecule has 0 unspecified atom stereocenters. The third-order valence-corrected chi connectivity index (χ3v) is 4.48. The highest BCUT2D eigenvalue weighted by atomic mass is 32.2. The Labute approximate surface area is 117 Å². The number of nitrogen functional groups attached to an aromatic ring is 1. The molecule has 0 aliphatic heterocycles. The van der Waals surface area contributed by atoms with Gasteiger partial charge in [0.05, 0.1) is 0 Å². The number of anilines is 1. The zero-order valence-corrected chi connectivity index (χ0v) is 11.6. The first-order valence-corrected chi connectivity index (χ1v) is 7.51. The van der Waals surface area contributed by atoms with Gasteiger partial charge in [0.2, 0.25) is 0 Å². The molecule has 3 rings (SSSR count). The molecule has 1 aromatic heterocycles. The van der Waals surface area contributed by atoms with Crippen molar-refractivity contribution in [2.75, 3.05) is 5.73 Å². The zero-order chi connectivity index (χ0) is 13.1. The largest absolute Gasteiger partial charge is 0.399 e. The summed E-state index contributed by atoms with van der Waals surface area (Å²) in [7, 11) is 0. The monoisotopic (exact) mass is 271 g/mol. The molecule has 1 aliphatic rings. The van der Waals surface area contributed by atoms with E-state index in [-0.39, 0.29) is 0 Å². The van der Waals surface area contributed by atoms with E-state index in [9.17, 15) is 0 Å². The van der Waals surface area contributed by atoms with Gasteiger partial charge in [-0.1, -0.05) is 18.2 Å². The van der Waals surface area contributed by atoms with E-state index in [0.717, 1.165) is 23.6 Å². The van der Waals surface area contributed by atoms with Crippen LogP contribution in [0, 0.1) is 0 Å². The van der Waals surface area contributed by atoms with E-state index in [4.69, 9.17) is 5.73 Å². The molecule has 0 fully saturated rings. The van der Waals surface area contributed by atoms with Crippen molar-refractivity contribution in [3.05, 3.63) is 41.9 Å². The number of hydrogen-bond acceptors (Lipinski definition) is 4. The summed E-state index contributed by atoms with van der Waals surface area (Å²) in [5, 5.41) is 1.11. The van der Waals surface area contributed by atoms with Gasteiger partial charge in [-0.05, 0) is 49.9 Å². The number of fused-ring (bicyclic) bond motifs is 1. The van der Waals surface area contributed by atoms with Gasteiger partial charge in [-0.15, -0.1) is 0 Å². The first kappa shape index (κ1) is 12.5. The Bertz CT molecular complexity index is 566. The first-order valence-electron chi connectivity index (χ1n) is 6.69. The van der Waals surface area contributed by atoms with Gasteiger partial charge < -0.3 is 5.73 Å². The minimum absolute atomic E-state index is 0.797. The summed E-state index contributed by atoms with van der Waals surface area (Å²) in [6.45, 7) is 0. The molecule has 0 atom stereocenters. The van der Waals surface area contributed by atoms with Gasteiger partial charge in [0.1, 0.15) is 11.4 Å². The normalized spacial score (nSPS) is 14.7. The van der Waals surface area contributed by atoms with Crippen LogP contribution in [0.3, 0.4) is 0 Å². The maximum atomic E-state index is 5.72. The van der Waals surface area contributed by atoms with Gasteiger partial charge >= 0.3 is 0 Å². The topological polar surface area (TPSA) is 51.8 Å². The Kier molecular flexibility index (Phi) is 3.69. The highest BCUT2D eigenvalue weighted by Crippen LogP contribution is 2.32. The second kappa shape index (κ2) is 5.61. The first-order chi connectivity index (χ1) is 9.33. The Morgan fingerprint density at radius 3 is 2.58 bits per heavy atom. The molecule has 0 radical (unpaired) electrons. The maximum absolute atomic E-state index is 5.72. The summed E-state index contributed by atoms with van der Waals surface area (Å²) in [5.74, 6) is 0. The number of rotatable bonds is 2. The van der Waals surface area contributed by atoms with Crippen molar-refractivity contribution < 1.29 is 0 Å². The fraction of sp³-hybridized carbons (Fsp3) is 0.333. The Balaban J connectivity index is 1.90. The number of aromatic nitrogens is 2. The number of aryl methyl sites for hydroxylation is 1. The van der Waals surface area contributed by atoms with Crippen LogP contribution >= 0.6 is 11.8 Å². The van der Waals surface area contributed by atoms with Crippen molar-refractivity contribution in [3.63, 3.8) is 0 Å². The Hall–Kier alpha value is -1.55. The molecular weight excluding hydrogens is 254 g/mol. The van der Waals surface area contributed by atoms with Crippen molar-refractivity contribution in [1.82, 2.24) is 9.97 Å². The van der Waals surface area contributed by atoms with Gasteiger partial charge in [0.15, 0.2) is 0 Å². The Morgan fingerprint density at radius 1 is 0.947 bits per heavy atom. The molecule has 4 heteroatoms. The lowest BCUT2D eigenvalue weighted by Gasteiger charge is -2.09. The van der Waals surface area contributed by atoms with E-state index < -0.39 is 0 Å². The molecule has 98 valence electrons. The SMILES string of the molecule is Nc1ccc(Sc2ncnc3c2CCCCC3)cc1.